The first-order valence-corrected chi connectivity index (χ1v) is 12.4. The molecule has 3 heterocycles. The summed E-state index contributed by atoms with van der Waals surface area (Å²) in [7, 11) is 1.55. The fraction of sp³-hybridized carbons (Fsp3) is 0.393. The molecule has 206 valence electrons. The number of pyridine rings is 1. The third-order valence-corrected chi connectivity index (χ3v) is 7.13. The number of halogens is 3. The molecule has 1 fully saturated rings. The number of amides is 1. The van der Waals surface area contributed by atoms with Gasteiger partial charge in [-0.3, -0.25) is 19.5 Å². The van der Waals surface area contributed by atoms with Crippen LogP contribution in [0.5, 0.6) is 0 Å². The molecule has 1 aliphatic heterocycles. The lowest BCUT2D eigenvalue weighted by molar-refractivity contribution is -0.202. The van der Waals surface area contributed by atoms with Crippen LogP contribution in [0.25, 0.3) is 11.3 Å². The Morgan fingerprint density at radius 3 is 2.38 bits per heavy atom. The van der Waals surface area contributed by atoms with Crippen molar-refractivity contribution in [3.05, 3.63) is 72.6 Å². The number of alkyl halides is 3. The fourth-order valence-corrected chi connectivity index (χ4v) is 4.55. The maximum atomic E-state index is 14.1. The first-order chi connectivity index (χ1) is 18.2. The highest BCUT2D eigenvalue weighted by molar-refractivity contribution is 5.99. The summed E-state index contributed by atoms with van der Waals surface area (Å²) in [6.07, 6.45) is 7.55. The van der Waals surface area contributed by atoms with Crippen molar-refractivity contribution >= 4 is 17.7 Å². The van der Waals surface area contributed by atoms with Crippen LogP contribution in [0.1, 0.15) is 46.2 Å². The minimum Gasteiger partial charge on any atom is -0.451 e. The number of ether oxygens (including phenoxy) is 1. The summed E-state index contributed by atoms with van der Waals surface area (Å²) in [5, 5.41) is 3.17. The number of aromatic nitrogens is 3. The van der Waals surface area contributed by atoms with Gasteiger partial charge in [0.1, 0.15) is 17.8 Å². The fourth-order valence-electron chi connectivity index (χ4n) is 4.55. The number of carbonyl (C=O) groups excluding carboxylic acids is 2. The third kappa shape index (κ3) is 5.17. The van der Waals surface area contributed by atoms with E-state index in [0.29, 0.717) is 29.8 Å². The molecule has 39 heavy (non-hydrogen) atoms. The van der Waals surface area contributed by atoms with Crippen molar-refractivity contribution in [3.8, 4) is 11.3 Å². The Hall–Kier alpha value is -4.02. The molecule has 1 saturated carbocycles. The van der Waals surface area contributed by atoms with E-state index in [1.54, 1.807) is 59.2 Å². The maximum Gasteiger partial charge on any atom is 0.433 e. The van der Waals surface area contributed by atoms with Crippen molar-refractivity contribution in [3.63, 3.8) is 0 Å². The standard InChI is InChI=1S/C28H30F3N5O3/c1-25(2,3)24(38)39-27(20-9-7-6-8-14-32-20)13-12-26(27,4)23(37)36(5)22-15-19(34-17-35-22)18-10-11-21(33-16-18)28(29,30)31/h6-11,14-17,32H,12-13H2,1-5H3. The SMILES string of the molecule is CN(C(=O)C1(C)CCC1(OC(=O)C(C)(C)C)C1=CC=CC=CN1)c1cc(-c2ccc(C(F)(F)F)nc2)ncn1. The van der Waals surface area contributed by atoms with Gasteiger partial charge in [-0.25, -0.2) is 9.97 Å². The summed E-state index contributed by atoms with van der Waals surface area (Å²) in [4.78, 5) is 40.4. The van der Waals surface area contributed by atoms with Gasteiger partial charge < -0.3 is 10.1 Å². The molecule has 1 aliphatic carbocycles. The third-order valence-electron chi connectivity index (χ3n) is 7.13. The lowest BCUT2D eigenvalue weighted by Crippen LogP contribution is -2.67. The van der Waals surface area contributed by atoms with Gasteiger partial charge >= 0.3 is 12.1 Å². The quantitative estimate of drug-likeness (QED) is 0.520. The van der Waals surface area contributed by atoms with E-state index in [4.69, 9.17) is 4.74 Å². The molecule has 8 nitrogen and oxygen atoms in total. The average molecular weight is 542 g/mol. The Morgan fingerprint density at radius 2 is 1.79 bits per heavy atom. The largest absolute Gasteiger partial charge is 0.451 e. The van der Waals surface area contributed by atoms with Gasteiger partial charge in [-0.1, -0.05) is 12.2 Å². The van der Waals surface area contributed by atoms with E-state index in [1.165, 1.54) is 23.4 Å². The van der Waals surface area contributed by atoms with E-state index in [0.717, 1.165) is 12.3 Å². The molecule has 2 aliphatic rings. The first-order valence-electron chi connectivity index (χ1n) is 12.4. The summed E-state index contributed by atoms with van der Waals surface area (Å²) in [6.45, 7) is 7.01. The second kappa shape index (κ2) is 9.94. The number of nitrogens with zero attached hydrogens (tertiary/aromatic N) is 4. The molecule has 1 amide bonds. The van der Waals surface area contributed by atoms with Gasteiger partial charge in [0, 0.05) is 31.1 Å². The zero-order valence-electron chi connectivity index (χ0n) is 22.3. The van der Waals surface area contributed by atoms with E-state index in [2.05, 4.69) is 20.3 Å². The molecule has 2 aromatic heterocycles. The number of anilines is 1. The lowest BCUT2D eigenvalue weighted by atomic mass is 9.55. The van der Waals surface area contributed by atoms with Gasteiger partial charge in [-0.05, 0) is 64.8 Å². The van der Waals surface area contributed by atoms with Crippen LogP contribution in [0.3, 0.4) is 0 Å². The van der Waals surface area contributed by atoms with Crippen molar-refractivity contribution in [2.45, 2.75) is 52.3 Å². The molecule has 0 aromatic carbocycles. The van der Waals surface area contributed by atoms with E-state index in [9.17, 15) is 22.8 Å². The topological polar surface area (TPSA) is 97.3 Å². The maximum absolute atomic E-state index is 14.1. The van der Waals surface area contributed by atoms with Crippen LogP contribution in [0.15, 0.2) is 66.9 Å². The predicted molar refractivity (Wildman–Crippen MR) is 139 cm³/mol. The molecule has 0 saturated heterocycles. The first kappa shape index (κ1) is 28.0. The number of hydrogen-bond donors (Lipinski definition) is 1. The number of hydrogen-bond acceptors (Lipinski definition) is 7. The predicted octanol–water partition coefficient (Wildman–Crippen LogP) is 5.21. The number of rotatable bonds is 5. The Bertz CT molecular complexity index is 1360. The molecular weight excluding hydrogens is 511 g/mol. The molecule has 2 unspecified atom stereocenters. The zero-order chi connectivity index (χ0) is 28.6. The van der Waals surface area contributed by atoms with Gasteiger partial charge in [-0.2, -0.15) is 13.2 Å². The van der Waals surface area contributed by atoms with Gasteiger partial charge in [0.2, 0.25) is 5.91 Å². The van der Waals surface area contributed by atoms with E-state index >= 15 is 0 Å². The highest BCUT2D eigenvalue weighted by Gasteiger charge is 2.66. The zero-order valence-corrected chi connectivity index (χ0v) is 22.3. The number of carbonyl (C=O) groups is 2. The van der Waals surface area contributed by atoms with Crippen LogP contribution in [0.2, 0.25) is 0 Å². The summed E-state index contributed by atoms with van der Waals surface area (Å²) in [5.41, 5.74) is -3.00. The molecular formula is C28H30F3N5O3. The average Bonchev–Trinajstić information content (AvgIpc) is 3.18. The molecule has 1 N–H and O–H groups in total. The number of esters is 1. The van der Waals surface area contributed by atoms with Crippen molar-refractivity contribution in [2.24, 2.45) is 10.8 Å². The van der Waals surface area contributed by atoms with Crippen LogP contribution >= 0.6 is 0 Å². The van der Waals surface area contributed by atoms with Gasteiger partial charge in [-0.15, -0.1) is 0 Å². The molecule has 0 spiro atoms. The molecule has 2 atom stereocenters. The van der Waals surface area contributed by atoms with Crippen LogP contribution in [-0.4, -0.2) is 39.5 Å². The van der Waals surface area contributed by atoms with Crippen LogP contribution < -0.4 is 10.2 Å². The number of allylic oxidation sites excluding steroid dienone is 4. The molecule has 2 aromatic rings. The highest BCUT2D eigenvalue weighted by Crippen LogP contribution is 2.57. The second-order valence-electron chi connectivity index (χ2n) is 10.8. The summed E-state index contributed by atoms with van der Waals surface area (Å²) in [6, 6.07) is 3.64. The number of nitrogens with one attached hydrogen (secondary N) is 1. The smallest absolute Gasteiger partial charge is 0.433 e. The lowest BCUT2D eigenvalue weighted by Gasteiger charge is -2.57. The van der Waals surface area contributed by atoms with Crippen molar-refractivity contribution in [2.75, 3.05) is 11.9 Å². The van der Waals surface area contributed by atoms with Crippen LogP contribution in [0.4, 0.5) is 19.0 Å². The van der Waals surface area contributed by atoms with Gasteiger partial charge in [0.05, 0.1) is 22.2 Å². The Morgan fingerprint density at radius 1 is 1.05 bits per heavy atom. The molecule has 11 heteroatoms. The second-order valence-corrected chi connectivity index (χ2v) is 10.8. The van der Waals surface area contributed by atoms with Crippen molar-refractivity contribution in [1.82, 2.24) is 20.3 Å². The van der Waals surface area contributed by atoms with Crippen molar-refractivity contribution in [1.29, 1.82) is 0 Å². The Labute approximate surface area is 224 Å². The molecule has 4 rings (SSSR count). The van der Waals surface area contributed by atoms with Crippen LogP contribution in [-0.2, 0) is 20.5 Å². The normalized spacial score (nSPS) is 22.7. The monoisotopic (exact) mass is 541 g/mol. The minimum absolute atomic E-state index is 0.233. The van der Waals surface area contributed by atoms with Crippen molar-refractivity contribution < 1.29 is 27.5 Å². The Kier molecular flexibility index (Phi) is 7.14. The van der Waals surface area contributed by atoms with Gasteiger partial charge in [0.15, 0.2) is 5.60 Å². The van der Waals surface area contributed by atoms with Crippen LogP contribution in [0, 0.1) is 10.8 Å². The van der Waals surface area contributed by atoms with E-state index < -0.39 is 34.3 Å². The summed E-state index contributed by atoms with van der Waals surface area (Å²) in [5.74, 6) is -0.551. The molecule has 0 radical (unpaired) electrons. The minimum atomic E-state index is -4.56. The summed E-state index contributed by atoms with van der Waals surface area (Å²) >= 11 is 0. The van der Waals surface area contributed by atoms with E-state index in [-0.39, 0.29) is 11.7 Å². The van der Waals surface area contributed by atoms with Gasteiger partial charge in [0.25, 0.3) is 0 Å². The Balaban J connectivity index is 1.67. The van der Waals surface area contributed by atoms with E-state index in [1.807, 2.05) is 6.08 Å². The molecule has 0 bridgehead atoms. The highest BCUT2D eigenvalue weighted by atomic mass is 19.4. The summed E-state index contributed by atoms with van der Waals surface area (Å²) < 4.78 is 44.9.